The van der Waals surface area contributed by atoms with Crippen LogP contribution in [0.4, 0.5) is 0 Å². The Morgan fingerprint density at radius 3 is 2.31 bits per heavy atom. The molecule has 0 bridgehead atoms. The van der Waals surface area contributed by atoms with Crippen LogP contribution in [0, 0.1) is 0 Å². The van der Waals surface area contributed by atoms with E-state index in [1.807, 2.05) is 6.07 Å². The highest BCUT2D eigenvalue weighted by molar-refractivity contribution is 9.10. The standard InChI is InChI=1S/C25H20BrNO7S2/c26-15-5-7-17-21(12-15)34-25-19-4-2-10-27-9-1-3-14(24(19)27)11-20(25)23(17)18-8-6-16(35(28,29)30)13-22(18)36(31,32)33/h5-8,11-13H,1-4,9-10H2,(H-,28,29,30,31,32,33)/p+1. The second kappa shape index (κ2) is 8.22. The van der Waals surface area contributed by atoms with Crippen LogP contribution in [0.15, 0.2) is 56.7 Å². The molecule has 0 amide bonds. The molecule has 3 heterocycles. The van der Waals surface area contributed by atoms with Crippen LogP contribution in [0.5, 0.6) is 11.5 Å². The van der Waals surface area contributed by atoms with Gasteiger partial charge in [0, 0.05) is 44.8 Å². The quantitative estimate of drug-likeness (QED) is 0.278. The second-order valence-corrected chi connectivity index (χ2v) is 12.9. The third-order valence-corrected chi connectivity index (χ3v) is 9.20. The molecule has 3 aromatic carbocycles. The summed E-state index contributed by atoms with van der Waals surface area (Å²) in [5, 5.41) is 1.87. The Kier molecular flexibility index (Phi) is 5.44. The maximum absolute atomic E-state index is 12.5. The number of fused-ring (bicyclic) bond motifs is 3. The fourth-order valence-corrected chi connectivity index (χ4v) is 7.19. The third kappa shape index (κ3) is 3.81. The SMILES string of the molecule is O=S(=O)(O)c1ccc(C2=c3cc4c5c(c3Oc3cc(Br)ccc32)CCC[N+]=5CCC4)c(S(=O)(=O)O)c1. The molecule has 3 aromatic rings. The zero-order chi connectivity index (χ0) is 25.4. The van der Waals surface area contributed by atoms with Crippen LogP contribution in [0.3, 0.4) is 0 Å². The Hall–Kier alpha value is -2.57. The van der Waals surface area contributed by atoms with Crippen molar-refractivity contribution in [1.29, 1.82) is 0 Å². The molecule has 0 fully saturated rings. The number of rotatable bonds is 3. The van der Waals surface area contributed by atoms with E-state index in [-0.39, 0.29) is 5.56 Å². The number of halogens is 1. The van der Waals surface area contributed by atoms with E-state index >= 15 is 0 Å². The van der Waals surface area contributed by atoms with Crippen molar-refractivity contribution in [3.63, 3.8) is 0 Å². The summed E-state index contributed by atoms with van der Waals surface area (Å²) < 4.78 is 77.7. The molecule has 6 rings (SSSR count). The first-order valence-electron chi connectivity index (χ1n) is 11.4. The molecule has 3 aliphatic heterocycles. The van der Waals surface area contributed by atoms with Crippen molar-refractivity contribution in [2.45, 2.75) is 35.5 Å². The lowest BCUT2D eigenvalue weighted by Crippen LogP contribution is -2.45. The van der Waals surface area contributed by atoms with Gasteiger partial charge in [0.2, 0.25) is 5.36 Å². The molecule has 36 heavy (non-hydrogen) atoms. The minimum atomic E-state index is -4.86. The fourth-order valence-electron chi connectivity index (χ4n) is 5.55. The Morgan fingerprint density at radius 2 is 1.58 bits per heavy atom. The molecule has 0 aromatic heterocycles. The lowest BCUT2D eigenvalue weighted by Gasteiger charge is -2.27. The van der Waals surface area contributed by atoms with Gasteiger partial charge in [-0.1, -0.05) is 22.0 Å². The van der Waals surface area contributed by atoms with Gasteiger partial charge in [-0.2, -0.15) is 16.8 Å². The summed E-state index contributed by atoms with van der Waals surface area (Å²) in [4.78, 5) is -1.23. The van der Waals surface area contributed by atoms with Crippen molar-refractivity contribution in [2.75, 3.05) is 13.1 Å². The second-order valence-electron chi connectivity index (χ2n) is 9.16. The van der Waals surface area contributed by atoms with E-state index in [2.05, 4.69) is 20.5 Å². The van der Waals surface area contributed by atoms with E-state index in [1.54, 1.807) is 18.2 Å². The smallest absolute Gasteiger partial charge is 0.295 e. The van der Waals surface area contributed by atoms with Crippen molar-refractivity contribution in [1.82, 2.24) is 4.58 Å². The van der Waals surface area contributed by atoms with E-state index in [0.29, 0.717) is 27.9 Å². The van der Waals surface area contributed by atoms with Crippen molar-refractivity contribution in [3.8, 4) is 11.5 Å². The molecule has 3 aliphatic rings. The van der Waals surface area contributed by atoms with Gasteiger partial charge in [-0.05, 0) is 49.2 Å². The van der Waals surface area contributed by atoms with Crippen LogP contribution in [-0.2, 0) is 33.1 Å². The normalized spacial score (nSPS) is 16.6. The molecule has 8 nitrogen and oxygen atoms in total. The summed E-state index contributed by atoms with van der Waals surface area (Å²) >= 11 is 3.47. The van der Waals surface area contributed by atoms with Crippen LogP contribution < -0.4 is 19.9 Å². The molecule has 0 unspecified atom stereocenters. The number of ether oxygens (including phenoxy) is 1. The zero-order valence-corrected chi connectivity index (χ0v) is 22.1. The minimum absolute atomic E-state index is 0.119. The maximum atomic E-state index is 12.5. The summed E-state index contributed by atoms with van der Waals surface area (Å²) in [6, 6.07) is 10.6. The van der Waals surface area contributed by atoms with Gasteiger partial charge < -0.3 is 4.74 Å². The lowest BCUT2D eigenvalue weighted by molar-refractivity contribution is 0.437. The van der Waals surface area contributed by atoms with Crippen LogP contribution in [0.25, 0.3) is 5.57 Å². The molecular weight excluding hydrogens is 570 g/mol. The van der Waals surface area contributed by atoms with Gasteiger partial charge in [-0.3, -0.25) is 9.11 Å². The van der Waals surface area contributed by atoms with Crippen LogP contribution in [0.1, 0.15) is 35.1 Å². The van der Waals surface area contributed by atoms with Crippen molar-refractivity contribution >= 4 is 41.7 Å². The van der Waals surface area contributed by atoms with Gasteiger partial charge in [0.25, 0.3) is 20.2 Å². The molecule has 0 spiro atoms. The van der Waals surface area contributed by atoms with Gasteiger partial charge >= 0.3 is 0 Å². The predicted molar refractivity (Wildman–Crippen MR) is 135 cm³/mol. The van der Waals surface area contributed by atoms with Crippen LogP contribution in [0.2, 0.25) is 0 Å². The predicted octanol–water partition coefficient (Wildman–Crippen LogP) is 2.68. The van der Waals surface area contributed by atoms with E-state index < -0.39 is 30.0 Å². The summed E-state index contributed by atoms with van der Waals surface area (Å²) in [5.41, 5.74) is 3.45. The van der Waals surface area contributed by atoms with Gasteiger partial charge in [0.15, 0.2) is 0 Å². The summed E-state index contributed by atoms with van der Waals surface area (Å²) in [5.74, 6) is 1.15. The molecule has 0 saturated carbocycles. The molecule has 11 heteroatoms. The first-order valence-corrected chi connectivity index (χ1v) is 15.1. The fraction of sp³-hybridized carbons (Fsp3) is 0.240. The average Bonchev–Trinajstić information content (AvgIpc) is 2.82. The molecular formula is C25H21BrNO7S2+. The Labute approximate surface area is 216 Å². The number of nitrogens with zero attached hydrogens (tertiary/aromatic N) is 1. The first kappa shape index (κ1) is 23.8. The molecule has 0 aliphatic carbocycles. The van der Waals surface area contributed by atoms with E-state index in [9.17, 15) is 25.9 Å². The largest absolute Gasteiger partial charge is 0.455 e. The third-order valence-electron chi connectivity index (χ3n) is 6.97. The first-order chi connectivity index (χ1) is 17.0. The highest BCUT2D eigenvalue weighted by atomic mass is 79.9. The van der Waals surface area contributed by atoms with Gasteiger partial charge in [-0.15, -0.1) is 0 Å². The van der Waals surface area contributed by atoms with E-state index in [0.717, 1.165) is 66.5 Å². The number of hydrogen-bond acceptors (Lipinski definition) is 5. The molecule has 186 valence electrons. The highest BCUT2D eigenvalue weighted by Crippen LogP contribution is 2.41. The summed E-state index contributed by atoms with van der Waals surface area (Å²) in [7, 11) is -9.57. The molecule has 0 atom stereocenters. The summed E-state index contributed by atoms with van der Waals surface area (Å²) in [6.07, 6.45) is 3.65. The van der Waals surface area contributed by atoms with Gasteiger partial charge in [-0.25, -0.2) is 4.58 Å². The molecule has 2 N–H and O–H groups in total. The van der Waals surface area contributed by atoms with Gasteiger partial charge in [0.05, 0.1) is 10.5 Å². The summed E-state index contributed by atoms with van der Waals surface area (Å²) in [6.45, 7) is 1.95. The molecule has 0 radical (unpaired) electrons. The Bertz CT molecular complexity index is 1830. The number of aryl methyl sites for hydroxylation is 1. The maximum Gasteiger partial charge on any atom is 0.295 e. The van der Waals surface area contributed by atoms with Crippen molar-refractivity contribution < 1.29 is 30.7 Å². The van der Waals surface area contributed by atoms with Crippen LogP contribution >= 0.6 is 15.9 Å². The highest BCUT2D eigenvalue weighted by Gasteiger charge is 2.33. The topological polar surface area (TPSA) is 121 Å². The molecule has 0 saturated heterocycles. The monoisotopic (exact) mass is 590 g/mol. The van der Waals surface area contributed by atoms with Crippen molar-refractivity contribution in [2.24, 2.45) is 0 Å². The number of hydrogen-bond donors (Lipinski definition) is 2. The van der Waals surface area contributed by atoms with Gasteiger partial charge in [0.1, 0.15) is 29.5 Å². The minimum Gasteiger partial charge on any atom is -0.455 e. The Balaban J connectivity index is 1.81. The van der Waals surface area contributed by atoms with Crippen molar-refractivity contribution in [3.05, 3.63) is 79.8 Å². The van der Waals surface area contributed by atoms with Crippen LogP contribution in [-0.4, -0.2) is 39.0 Å². The van der Waals surface area contributed by atoms with E-state index in [4.69, 9.17) is 4.74 Å². The average molecular weight is 591 g/mol. The number of benzene rings is 3. The van der Waals surface area contributed by atoms with E-state index in [1.165, 1.54) is 11.4 Å². The zero-order valence-electron chi connectivity index (χ0n) is 18.9. The lowest BCUT2D eigenvalue weighted by atomic mass is 9.87. The Morgan fingerprint density at radius 1 is 0.861 bits per heavy atom.